The van der Waals surface area contributed by atoms with Crippen molar-refractivity contribution in [1.82, 2.24) is 10.2 Å². The van der Waals surface area contributed by atoms with Crippen LogP contribution in [0, 0.1) is 23.7 Å². The molecular weight excluding hydrogens is 224 g/mol. The Labute approximate surface area is 110 Å². The lowest BCUT2D eigenvalue weighted by Crippen LogP contribution is -2.45. The summed E-state index contributed by atoms with van der Waals surface area (Å²) in [5, 5.41) is 3.21. The average molecular weight is 250 g/mol. The van der Waals surface area contributed by atoms with Crippen molar-refractivity contribution in [1.29, 1.82) is 0 Å². The van der Waals surface area contributed by atoms with Gasteiger partial charge in [0.05, 0.1) is 6.04 Å². The molecule has 3 aliphatic rings. The molecule has 18 heavy (non-hydrogen) atoms. The second-order valence-corrected chi connectivity index (χ2v) is 6.75. The molecule has 3 fully saturated rings. The molecule has 2 aliphatic carbocycles. The summed E-state index contributed by atoms with van der Waals surface area (Å²) in [6.07, 6.45) is 6.40. The molecule has 0 spiro atoms. The Morgan fingerprint density at radius 1 is 1.28 bits per heavy atom. The van der Waals surface area contributed by atoms with Crippen molar-refractivity contribution in [2.24, 2.45) is 23.7 Å². The molecule has 1 amide bonds. The minimum atomic E-state index is 0.0545. The highest BCUT2D eigenvalue weighted by molar-refractivity contribution is 5.82. The Bertz CT molecular complexity index is 330. The average Bonchev–Trinajstić information content (AvgIpc) is 3.07. The molecule has 3 nitrogen and oxygen atoms in total. The Kier molecular flexibility index (Phi) is 3.35. The lowest BCUT2D eigenvalue weighted by atomic mass is 10.0. The Balaban J connectivity index is 1.64. The van der Waals surface area contributed by atoms with Gasteiger partial charge in [-0.25, -0.2) is 0 Å². The van der Waals surface area contributed by atoms with E-state index >= 15 is 0 Å². The summed E-state index contributed by atoms with van der Waals surface area (Å²) >= 11 is 0. The van der Waals surface area contributed by atoms with E-state index in [0.29, 0.717) is 11.8 Å². The first kappa shape index (κ1) is 12.5. The topological polar surface area (TPSA) is 32.3 Å². The van der Waals surface area contributed by atoms with Gasteiger partial charge in [-0.1, -0.05) is 6.92 Å². The summed E-state index contributed by atoms with van der Waals surface area (Å²) in [5.74, 6) is 3.81. The van der Waals surface area contributed by atoms with Crippen LogP contribution in [0.25, 0.3) is 0 Å². The van der Waals surface area contributed by atoms with Gasteiger partial charge < -0.3 is 10.2 Å². The molecule has 1 heterocycles. The number of hydrogen-bond acceptors (Lipinski definition) is 2. The molecule has 102 valence electrons. The van der Waals surface area contributed by atoms with E-state index in [0.717, 1.165) is 37.3 Å². The molecule has 1 N–H and O–H groups in total. The predicted molar refractivity (Wildman–Crippen MR) is 72.1 cm³/mol. The molecule has 3 heteroatoms. The highest BCUT2D eigenvalue weighted by atomic mass is 16.2. The summed E-state index contributed by atoms with van der Waals surface area (Å²) in [6.45, 7) is 4.28. The van der Waals surface area contributed by atoms with Crippen molar-refractivity contribution in [2.75, 3.05) is 20.1 Å². The zero-order valence-corrected chi connectivity index (χ0v) is 11.7. The van der Waals surface area contributed by atoms with E-state index in [4.69, 9.17) is 0 Å². The number of nitrogens with zero attached hydrogens (tertiary/aromatic N) is 1. The highest BCUT2D eigenvalue weighted by Crippen LogP contribution is 2.55. The van der Waals surface area contributed by atoms with Gasteiger partial charge in [-0.05, 0) is 62.8 Å². The third-order valence-electron chi connectivity index (χ3n) is 5.43. The first-order valence-electron chi connectivity index (χ1n) is 7.65. The van der Waals surface area contributed by atoms with Crippen LogP contribution in [0.5, 0.6) is 0 Å². The summed E-state index contributed by atoms with van der Waals surface area (Å²) in [7, 11) is 1.92. The fourth-order valence-electron chi connectivity index (χ4n) is 4.08. The summed E-state index contributed by atoms with van der Waals surface area (Å²) in [5.41, 5.74) is 0. The van der Waals surface area contributed by atoms with E-state index in [1.807, 2.05) is 7.05 Å². The fraction of sp³-hybridized carbons (Fsp3) is 0.933. The van der Waals surface area contributed by atoms with Crippen molar-refractivity contribution in [3.63, 3.8) is 0 Å². The molecule has 1 saturated heterocycles. The summed E-state index contributed by atoms with van der Waals surface area (Å²) in [6, 6.07) is 0.0545. The number of amides is 1. The number of hydrogen-bond donors (Lipinski definition) is 1. The Morgan fingerprint density at radius 2 is 2.11 bits per heavy atom. The van der Waals surface area contributed by atoms with Gasteiger partial charge in [0.25, 0.3) is 0 Å². The summed E-state index contributed by atoms with van der Waals surface area (Å²) < 4.78 is 0. The van der Waals surface area contributed by atoms with Crippen molar-refractivity contribution in [3.8, 4) is 0 Å². The van der Waals surface area contributed by atoms with E-state index in [2.05, 4.69) is 17.1 Å². The first-order valence-corrected chi connectivity index (χ1v) is 7.65. The van der Waals surface area contributed by atoms with Gasteiger partial charge in [0.2, 0.25) is 5.91 Å². The van der Waals surface area contributed by atoms with Crippen LogP contribution in [0.1, 0.15) is 39.0 Å². The second-order valence-electron chi connectivity index (χ2n) is 6.75. The van der Waals surface area contributed by atoms with Gasteiger partial charge in [0.15, 0.2) is 0 Å². The minimum absolute atomic E-state index is 0.0545. The van der Waals surface area contributed by atoms with E-state index in [1.165, 1.54) is 25.7 Å². The van der Waals surface area contributed by atoms with Crippen LogP contribution in [0.15, 0.2) is 0 Å². The van der Waals surface area contributed by atoms with Crippen LogP contribution >= 0.6 is 0 Å². The van der Waals surface area contributed by atoms with Crippen molar-refractivity contribution in [2.45, 2.75) is 45.1 Å². The monoisotopic (exact) mass is 250 g/mol. The molecular formula is C15H26N2O. The number of rotatable bonds is 3. The molecule has 3 rings (SSSR count). The molecule has 0 bridgehead atoms. The molecule has 2 saturated carbocycles. The SMILES string of the molecule is CNC1CC(C)CCN(CC2CCC3CC32)C1=O. The smallest absolute Gasteiger partial charge is 0.239 e. The van der Waals surface area contributed by atoms with Crippen LogP contribution < -0.4 is 5.32 Å². The second kappa shape index (κ2) is 4.84. The van der Waals surface area contributed by atoms with Crippen LogP contribution in [0.3, 0.4) is 0 Å². The van der Waals surface area contributed by atoms with Crippen LogP contribution in [-0.2, 0) is 4.79 Å². The standard InChI is InChI=1S/C15H26N2O/c1-10-5-6-17(15(18)14(7-10)16-2)9-12-4-3-11-8-13(11)12/h10-14,16H,3-9H2,1-2H3. The lowest BCUT2D eigenvalue weighted by Gasteiger charge is -2.27. The molecule has 5 unspecified atom stereocenters. The predicted octanol–water partition coefficient (Wildman–Crippen LogP) is 1.88. The van der Waals surface area contributed by atoms with Crippen molar-refractivity contribution < 1.29 is 4.79 Å². The van der Waals surface area contributed by atoms with Gasteiger partial charge in [-0.3, -0.25) is 4.79 Å². The number of carbonyl (C=O) groups is 1. The third kappa shape index (κ3) is 2.29. The van der Waals surface area contributed by atoms with E-state index in [-0.39, 0.29) is 6.04 Å². The minimum Gasteiger partial charge on any atom is -0.341 e. The highest BCUT2D eigenvalue weighted by Gasteiger charge is 2.48. The Hall–Kier alpha value is -0.570. The largest absolute Gasteiger partial charge is 0.341 e. The van der Waals surface area contributed by atoms with Crippen LogP contribution in [0.2, 0.25) is 0 Å². The molecule has 0 aromatic carbocycles. The number of carbonyl (C=O) groups excluding carboxylic acids is 1. The molecule has 0 aromatic rings. The molecule has 1 aliphatic heterocycles. The maximum atomic E-state index is 12.5. The van der Waals surface area contributed by atoms with Gasteiger partial charge in [0.1, 0.15) is 0 Å². The van der Waals surface area contributed by atoms with Crippen LogP contribution in [0.4, 0.5) is 0 Å². The van der Waals surface area contributed by atoms with E-state index < -0.39 is 0 Å². The van der Waals surface area contributed by atoms with Gasteiger partial charge in [-0.2, -0.15) is 0 Å². The van der Waals surface area contributed by atoms with Crippen molar-refractivity contribution in [3.05, 3.63) is 0 Å². The van der Waals surface area contributed by atoms with Gasteiger partial charge >= 0.3 is 0 Å². The maximum Gasteiger partial charge on any atom is 0.239 e. The lowest BCUT2D eigenvalue weighted by molar-refractivity contribution is -0.133. The molecule has 0 aromatic heterocycles. The molecule has 5 atom stereocenters. The normalized spacial score (nSPS) is 43.8. The van der Waals surface area contributed by atoms with Gasteiger partial charge in [-0.15, -0.1) is 0 Å². The molecule has 0 radical (unpaired) electrons. The maximum absolute atomic E-state index is 12.5. The van der Waals surface area contributed by atoms with E-state index in [9.17, 15) is 4.79 Å². The number of nitrogens with one attached hydrogen (secondary N) is 1. The fourth-order valence-corrected chi connectivity index (χ4v) is 4.08. The zero-order valence-electron chi connectivity index (χ0n) is 11.7. The number of likely N-dealkylation sites (tertiary alicyclic amines) is 1. The number of fused-ring (bicyclic) bond motifs is 1. The van der Waals surface area contributed by atoms with Crippen molar-refractivity contribution >= 4 is 5.91 Å². The zero-order chi connectivity index (χ0) is 12.7. The van der Waals surface area contributed by atoms with Crippen LogP contribution in [-0.4, -0.2) is 37.0 Å². The van der Waals surface area contributed by atoms with E-state index in [1.54, 1.807) is 0 Å². The third-order valence-corrected chi connectivity index (χ3v) is 5.43. The first-order chi connectivity index (χ1) is 8.69. The van der Waals surface area contributed by atoms with Gasteiger partial charge in [0, 0.05) is 13.1 Å². The quantitative estimate of drug-likeness (QED) is 0.829. The Morgan fingerprint density at radius 3 is 2.72 bits per heavy atom. The summed E-state index contributed by atoms with van der Waals surface area (Å²) in [4.78, 5) is 14.7. The number of likely N-dealkylation sites (N-methyl/N-ethyl adjacent to an activating group) is 1.